The molecule has 0 unspecified atom stereocenters. The van der Waals surface area contributed by atoms with Gasteiger partial charge >= 0.3 is 0 Å². The minimum atomic E-state index is -0.319. The Morgan fingerprint density at radius 3 is 2.65 bits per heavy atom. The number of hydrogen-bond acceptors (Lipinski definition) is 1. The van der Waals surface area contributed by atoms with Crippen LogP contribution in [-0.4, -0.2) is 9.55 Å². The summed E-state index contributed by atoms with van der Waals surface area (Å²) < 4.78 is 15.1. The molecule has 0 aliphatic carbocycles. The van der Waals surface area contributed by atoms with Crippen molar-refractivity contribution in [2.75, 3.05) is 0 Å². The van der Waals surface area contributed by atoms with Crippen molar-refractivity contribution in [3.63, 3.8) is 0 Å². The topological polar surface area (TPSA) is 17.8 Å². The van der Waals surface area contributed by atoms with Crippen molar-refractivity contribution < 1.29 is 4.39 Å². The molecule has 2 aromatic carbocycles. The fourth-order valence-corrected chi connectivity index (χ4v) is 2.50. The Hall–Kier alpha value is -1.87. The quantitative estimate of drug-likeness (QED) is 0.679. The van der Waals surface area contributed by atoms with Gasteiger partial charge in [0.2, 0.25) is 0 Å². The first-order valence-corrected chi connectivity index (χ1v) is 6.78. The molecule has 0 spiro atoms. The lowest BCUT2D eigenvalue weighted by Gasteiger charge is -2.08. The van der Waals surface area contributed by atoms with Crippen LogP contribution < -0.4 is 0 Å². The molecule has 3 rings (SSSR count). The van der Waals surface area contributed by atoms with E-state index in [4.69, 9.17) is 11.6 Å². The van der Waals surface area contributed by atoms with Gasteiger partial charge in [0.1, 0.15) is 5.82 Å². The van der Waals surface area contributed by atoms with Gasteiger partial charge < -0.3 is 4.57 Å². The largest absolute Gasteiger partial charge is 0.326 e. The van der Waals surface area contributed by atoms with Gasteiger partial charge in [-0.05, 0) is 54.8 Å². The van der Waals surface area contributed by atoms with E-state index >= 15 is 0 Å². The molecule has 0 bridgehead atoms. The summed E-state index contributed by atoms with van der Waals surface area (Å²) in [6, 6.07) is 8.67. The SMILES string of the molecule is Cc1cc2ncn(Cc3ccc(F)cc3Cl)c2cc1C. The molecule has 20 heavy (non-hydrogen) atoms. The van der Waals surface area contributed by atoms with Crippen molar-refractivity contribution in [2.45, 2.75) is 20.4 Å². The summed E-state index contributed by atoms with van der Waals surface area (Å²) in [5.41, 5.74) is 5.36. The maximum atomic E-state index is 13.1. The van der Waals surface area contributed by atoms with E-state index < -0.39 is 0 Å². The Morgan fingerprint density at radius 1 is 1.15 bits per heavy atom. The van der Waals surface area contributed by atoms with Crippen molar-refractivity contribution in [3.8, 4) is 0 Å². The first-order chi connectivity index (χ1) is 9.54. The highest BCUT2D eigenvalue weighted by Crippen LogP contribution is 2.22. The number of benzene rings is 2. The first kappa shape index (κ1) is 13.1. The Balaban J connectivity index is 2.04. The number of aryl methyl sites for hydroxylation is 2. The third kappa shape index (κ3) is 2.29. The molecule has 3 aromatic rings. The molecule has 0 fully saturated rings. The van der Waals surface area contributed by atoms with E-state index in [0.29, 0.717) is 11.6 Å². The highest BCUT2D eigenvalue weighted by Gasteiger charge is 2.08. The van der Waals surface area contributed by atoms with Crippen LogP contribution in [-0.2, 0) is 6.54 Å². The highest BCUT2D eigenvalue weighted by atomic mass is 35.5. The van der Waals surface area contributed by atoms with E-state index in [2.05, 4.69) is 31.0 Å². The number of halogens is 2. The van der Waals surface area contributed by atoms with E-state index in [-0.39, 0.29) is 5.82 Å². The molecule has 4 heteroatoms. The van der Waals surface area contributed by atoms with Gasteiger partial charge in [-0.1, -0.05) is 17.7 Å². The minimum absolute atomic E-state index is 0.319. The van der Waals surface area contributed by atoms with Crippen LogP contribution >= 0.6 is 11.6 Å². The summed E-state index contributed by atoms with van der Waals surface area (Å²) in [6.07, 6.45) is 1.79. The van der Waals surface area contributed by atoms with Crippen LogP contribution in [0.5, 0.6) is 0 Å². The van der Waals surface area contributed by atoms with Gasteiger partial charge in [-0.25, -0.2) is 9.37 Å². The zero-order valence-corrected chi connectivity index (χ0v) is 12.1. The standard InChI is InChI=1S/C16H14ClFN2/c1-10-5-15-16(6-11(10)2)20(9-19-15)8-12-3-4-13(18)7-14(12)17/h3-7,9H,8H2,1-2H3. The molecule has 0 saturated heterocycles. The maximum Gasteiger partial charge on any atom is 0.124 e. The van der Waals surface area contributed by atoms with E-state index in [9.17, 15) is 4.39 Å². The Bertz CT molecular complexity index is 793. The second-order valence-corrected chi connectivity index (χ2v) is 5.44. The van der Waals surface area contributed by atoms with Gasteiger partial charge in [-0.3, -0.25) is 0 Å². The fourth-order valence-electron chi connectivity index (χ4n) is 2.27. The van der Waals surface area contributed by atoms with Crippen LogP contribution in [0.1, 0.15) is 16.7 Å². The molecule has 1 aromatic heterocycles. The maximum absolute atomic E-state index is 13.1. The summed E-state index contributed by atoms with van der Waals surface area (Å²) in [7, 11) is 0. The fraction of sp³-hybridized carbons (Fsp3) is 0.188. The minimum Gasteiger partial charge on any atom is -0.326 e. The van der Waals surface area contributed by atoms with Crippen molar-refractivity contribution >= 4 is 22.6 Å². The number of imidazole rings is 1. The summed E-state index contributed by atoms with van der Waals surface area (Å²) in [6.45, 7) is 4.74. The molecule has 0 N–H and O–H groups in total. The predicted octanol–water partition coefficient (Wildman–Crippen LogP) is 4.49. The number of aromatic nitrogens is 2. The third-order valence-corrected chi connectivity index (χ3v) is 3.94. The number of nitrogens with zero attached hydrogens (tertiary/aromatic N) is 2. The van der Waals surface area contributed by atoms with Crippen LogP contribution in [0.4, 0.5) is 4.39 Å². The second kappa shape index (κ2) is 4.91. The normalized spacial score (nSPS) is 11.2. The summed E-state index contributed by atoms with van der Waals surface area (Å²) >= 11 is 6.08. The summed E-state index contributed by atoms with van der Waals surface area (Å²) in [5, 5.41) is 0.440. The van der Waals surface area contributed by atoms with E-state index in [1.54, 1.807) is 12.4 Å². The van der Waals surface area contributed by atoms with Gasteiger partial charge in [0.15, 0.2) is 0 Å². The van der Waals surface area contributed by atoms with Crippen LogP contribution in [0, 0.1) is 19.7 Å². The Kier molecular flexibility index (Phi) is 3.22. The zero-order chi connectivity index (χ0) is 14.3. The van der Waals surface area contributed by atoms with Crippen molar-refractivity contribution in [3.05, 3.63) is 64.2 Å². The second-order valence-electron chi connectivity index (χ2n) is 5.03. The molecular weight excluding hydrogens is 275 g/mol. The van der Waals surface area contributed by atoms with Gasteiger partial charge in [0.05, 0.1) is 23.9 Å². The lowest BCUT2D eigenvalue weighted by molar-refractivity contribution is 0.626. The molecule has 0 radical (unpaired) electrons. The van der Waals surface area contributed by atoms with Crippen LogP contribution in [0.25, 0.3) is 11.0 Å². The third-order valence-electron chi connectivity index (χ3n) is 3.59. The molecule has 2 nitrogen and oxygen atoms in total. The lowest BCUT2D eigenvalue weighted by Crippen LogP contribution is -1.99. The number of hydrogen-bond donors (Lipinski definition) is 0. The predicted molar refractivity (Wildman–Crippen MR) is 79.7 cm³/mol. The first-order valence-electron chi connectivity index (χ1n) is 6.40. The molecular formula is C16H14ClFN2. The zero-order valence-electron chi connectivity index (χ0n) is 11.3. The van der Waals surface area contributed by atoms with Gasteiger partial charge in [-0.15, -0.1) is 0 Å². The van der Waals surface area contributed by atoms with Crippen LogP contribution in [0.2, 0.25) is 5.02 Å². The van der Waals surface area contributed by atoms with Crippen molar-refractivity contribution in [1.82, 2.24) is 9.55 Å². The highest BCUT2D eigenvalue weighted by molar-refractivity contribution is 6.31. The van der Waals surface area contributed by atoms with Crippen LogP contribution in [0.3, 0.4) is 0 Å². The van der Waals surface area contributed by atoms with E-state index in [1.807, 2.05) is 4.57 Å². The lowest BCUT2D eigenvalue weighted by atomic mass is 10.1. The van der Waals surface area contributed by atoms with E-state index in [0.717, 1.165) is 16.6 Å². The smallest absolute Gasteiger partial charge is 0.124 e. The Labute approximate surface area is 121 Å². The van der Waals surface area contributed by atoms with Gasteiger partial charge in [0.25, 0.3) is 0 Å². The molecule has 0 saturated carbocycles. The average Bonchev–Trinajstić information content (AvgIpc) is 2.76. The molecule has 0 atom stereocenters. The molecule has 0 aliphatic rings. The number of fused-ring (bicyclic) bond motifs is 1. The molecule has 102 valence electrons. The molecule has 1 heterocycles. The van der Waals surface area contributed by atoms with Crippen molar-refractivity contribution in [1.29, 1.82) is 0 Å². The van der Waals surface area contributed by atoms with Gasteiger partial charge in [0, 0.05) is 5.02 Å². The monoisotopic (exact) mass is 288 g/mol. The van der Waals surface area contributed by atoms with Gasteiger partial charge in [-0.2, -0.15) is 0 Å². The van der Waals surface area contributed by atoms with Crippen LogP contribution in [0.15, 0.2) is 36.7 Å². The summed E-state index contributed by atoms with van der Waals surface area (Å²) in [4.78, 5) is 4.41. The molecule has 0 aliphatic heterocycles. The van der Waals surface area contributed by atoms with Crippen molar-refractivity contribution in [2.24, 2.45) is 0 Å². The average molecular weight is 289 g/mol. The van der Waals surface area contributed by atoms with E-state index in [1.165, 1.54) is 23.3 Å². The number of rotatable bonds is 2. The molecule has 0 amide bonds. The Morgan fingerprint density at radius 2 is 1.90 bits per heavy atom. The summed E-state index contributed by atoms with van der Waals surface area (Å²) in [5.74, 6) is -0.319.